The Labute approximate surface area is 187 Å². The predicted octanol–water partition coefficient (Wildman–Crippen LogP) is 5.43. The number of aliphatic hydroxyl groups is 1. The number of carbonyl (C=O) groups is 1. The normalized spacial score (nSPS) is 17.8. The number of amides is 1. The summed E-state index contributed by atoms with van der Waals surface area (Å²) in [5, 5.41) is 11.9. The third kappa shape index (κ3) is 4.94. The minimum atomic E-state index is -4.89. The summed E-state index contributed by atoms with van der Waals surface area (Å²) in [5.41, 5.74) is -5.40. The van der Waals surface area contributed by atoms with Crippen molar-refractivity contribution in [3.8, 4) is 5.75 Å². The fraction of sp³-hybridized carbons (Fsp3) is 0.409. The largest absolute Gasteiger partial charge is 0.573 e. The van der Waals surface area contributed by atoms with Crippen LogP contribution in [0.3, 0.4) is 0 Å². The van der Waals surface area contributed by atoms with Gasteiger partial charge >= 0.3 is 12.5 Å². The fourth-order valence-corrected chi connectivity index (χ4v) is 3.73. The molecule has 1 heterocycles. The number of halogens is 5. The molecule has 2 aromatic carbocycles. The van der Waals surface area contributed by atoms with Gasteiger partial charge in [-0.1, -0.05) is 35.9 Å². The van der Waals surface area contributed by atoms with Gasteiger partial charge in [0.15, 0.2) is 11.3 Å². The monoisotopic (exact) mass is 475 g/mol. The first-order chi connectivity index (χ1) is 14.6. The molecule has 0 spiro atoms. The molecule has 32 heavy (non-hydrogen) atoms. The van der Waals surface area contributed by atoms with E-state index in [1.54, 1.807) is 20.8 Å². The molecule has 1 amide bonds. The van der Waals surface area contributed by atoms with Crippen LogP contribution in [-0.4, -0.2) is 46.8 Å². The first-order valence-corrected chi connectivity index (χ1v) is 10.0. The third-order valence-electron chi connectivity index (χ3n) is 4.93. The standard InChI is InChI=1S/C22H22ClF4NO4/c1-19(2,3)32-18(29)28-12-20(24,13-28)21(30,15-5-4-6-16(23)11-15)14-7-9-17(10-8-14)31-22(25,26)27/h4-11,30H,12-13H2,1-3H3. The molecule has 1 aliphatic heterocycles. The molecule has 174 valence electrons. The molecule has 3 rings (SSSR count). The van der Waals surface area contributed by atoms with E-state index in [2.05, 4.69) is 4.74 Å². The van der Waals surface area contributed by atoms with E-state index in [1.807, 2.05) is 0 Å². The molecule has 0 radical (unpaired) electrons. The minimum Gasteiger partial charge on any atom is -0.444 e. The van der Waals surface area contributed by atoms with Crippen LogP contribution in [0.15, 0.2) is 48.5 Å². The van der Waals surface area contributed by atoms with E-state index in [0.717, 1.165) is 29.2 Å². The topological polar surface area (TPSA) is 59.0 Å². The minimum absolute atomic E-state index is 0.0272. The Hall–Kier alpha value is -2.52. The van der Waals surface area contributed by atoms with Gasteiger partial charge in [-0.15, -0.1) is 13.2 Å². The molecule has 2 aromatic rings. The van der Waals surface area contributed by atoms with Gasteiger partial charge in [0.1, 0.15) is 11.4 Å². The van der Waals surface area contributed by atoms with Gasteiger partial charge < -0.3 is 19.5 Å². The highest BCUT2D eigenvalue weighted by Gasteiger charge is 2.62. The van der Waals surface area contributed by atoms with Crippen molar-refractivity contribution in [2.24, 2.45) is 0 Å². The van der Waals surface area contributed by atoms with Gasteiger partial charge in [-0.3, -0.25) is 0 Å². The summed E-state index contributed by atoms with van der Waals surface area (Å²) < 4.78 is 62.6. The molecule has 1 saturated heterocycles. The summed E-state index contributed by atoms with van der Waals surface area (Å²) in [7, 11) is 0. The number of rotatable bonds is 4. The quantitative estimate of drug-likeness (QED) is 0.599. The van der Waals surface area contributed by atoms with E-state index in [-0.39, 0.29) is 16.1 Å². The number of nitrogens with zero attached hydrogens (tertiary/aromatic N) is 1. The van der Waals surface area contributed by atoms with Gasteiger partial charge in [-0.2, -0.15) is 0 Å². The second kappa shape index (κ2) is 8.12. The predicted molar refractivity (Wildman–Crippen MR) is 109 cm³/mol. The number of likely N-dealkylation sites (tertiary alicyclic amines) is 1. The van der Waals surface area contributed by atoms with Gasteiger partial charge in [0.05, 0.1) is 13.1 Å². The lowest BCUT2D eigenvalue weighted by Gasteiger charge is -2.52. The SMILES string of the molecule is CC(C)(C)OC(=O)N1CC(F)(C(O)(c2ccc(OC(F)(F)F)cc2)c2cccc(Cl)c2)C1. The van der Waals surface area contributed by atoms with Crippen LogP contribution >= 0.6 is 11.6 Å². The Balaban J connectivity index is 1.96. The van der Waals surface area contributed by atoms with Crippen LogP contribution in [-0.2, 0) is 10.3 Å². The van der Waals surface area contributed by atoms with E-state index in [0.29, 0.717) is 0 Å². The van der Waals surface area contributed by atoms with E-state index in [1.165, 1.54) is 24.3 Å². The summed E-state index contributed by atoms with van der Waals surface area (Å²) >= 11 is 6.04. The number of benzene rings is 2. The highest BCUT2D eigenvalue weighted by atomic mass is 35.5. The molecule has 1 fully saturated rings. The molecule has 0 saturated carbocycles. The highest BCUT2D eigenvalue weighted by molar-refractivity contribution is 6.30. The fourth-order valence-electron chi connectivity index (χ4n) is 3.54. The Kier molecular flexibility index (Phi) is 6.12. The van der Waals surface area contributed by atoms with Crippen LogP contribution in [0.4, 0.5) is 22.4 Å². The first-order valence-electron chi connectivity index (χ1n) is 9.65. The lowest BCUT2D eigenvalue weighted by molar-refractivity contribution is -0.274. The number of carbonyl (C=O) groups excluding carboxylic acids is 1. The average molecular weight is 476 g/mol. The van der Waals surface area contributed by atoms with Crippen LogP contribution in [0, 0.1) is 0 Å². The summed E-state index contributed by atoms with van der Waals surface area (Å²) in [6.45, 7) is 4.01. The van der Waals surface area contributed by atoms with Gasteiger partial charge in [-0.05, 0) is 56.2 Å². The van der Waals surface area contributed by atoms with Crippen LogP contribution < -0.4 is 4.74 Å². The van der Waals surface area contributed by atoms with Gasteiger partial charge in [0.25, 0.3) is 0 Å². The van der Waals surface area contributed by atoms with Crippen molar-refractivity contribution in [2.75, 3.05) is 13.1 Å². The second-order valence-electron chi connectivity index (χ2n) is 8.59. The molecule has 1 N–H and O–H groups in total. The highest BCUT2D eigenvalue weighted by Crippen LogP contribution is 2.48. The molecule has 1 atom stereocenters. The zero-order chi connectivity index (χ0) is 23.9. The zero-order valence-electron chi connectivity index (χ0n) is 17.5. The lowest BCUT2D eigenvalue weighted by Crippen LogP contribution is -2.70. The summed E-state index contributed by atoms with van der Waals surface area (Å²) in [6, 6.07) is 10.1. The molecule has 1 aliphatic rings. The van der Waals surface area contributed by atoms with Crippen molar-refractivity contribution in [2.45, 2.75) is 44.0 Å². The van der Waals surface area contributed by atoms with Crippen LogP contribution in [0.1, 0.15) is 31.9 Å². The van der Waals surface area contributed by atoms with Crippen LogP contribution in [0.5, 0.6) is 5.75 Å². The van der Waals surface area contributed by atoms with Crippen LogP contribution in [0.25, 0.3) is 0 Å². The van der Waals surface area contributed by atoms with Crippen molar-refractivity contribution in [3.05, 3.63) is 64.7 Å². The third-order valence-corrected chi connectivity index (χ3v) is 5.17. The number of hydrogen-bond acceptors (Lipinski definition) is 4. The molecule has 0 aliphatic carbocycles. The van der Waals surface area contributed by atoms with Gasteiger partial charge in [0, 0.05) is 5.02 Å². The summed E-state index contributed by atoms with van der Waals surface area (Å²) in [4.78, 5) is 13.4. The smallest absolute Gasteiger partial charge is 0.444 e. The Morgan fingerprint density at radius 3 is 2.16 bits per heavy atom. The summed E-state index contributed by atoms with van der Waals surface area (Å²) in [5.74, 6) is -0.522. The van der Waals surface area contributed by atoms with Crippen molar-refractivity contribution in [3.63, 3.8) is 0 Å². The molecule has 0 bridgehead atoms. The van der Waals surface area contributed by atoms with Crippen LogP contribution in [0.2, 0.25) is 5.02 Å². The van der Waals surface area contributed by atoms with Crippen molar-refractivity contribution in [1.29, 1.82) is 0 Å². The van der Waals surface area contributed by atoms with E-state index in [9.17, 15) is 23.1 Å². The van der Waals surface area contributed by atoms with Gasteiger partial charge in [-0.25, -0.2) is 9.18 Å². The van der Waals surface area contributed by atoms with E-state index < -0.39 is 48.2 Å². The molecule has 0 aromatic heterocycles. The Bertz CT molecular complexity index is 985. The molecule has 10 heteroatoms. The zero-order valence-corrected chi connectivity index (χ0v) is 18.3. The van der Waals surface area contributed by atoms with Gasteiger partial charge in [0.2, 0.25) is 0 Å². The first kappa shape index (κ1) is 24.1. The van der Waals surface area contributed by atoms with E-state index in [4.69, 9.17) is 16.3 Å². The number of hydrogen-bond donors (Lipinski definition) is 1. The average Bonchev–Trinajstić information content (AvgIpc) is 2.62. The lowest BCUT2D eigenvalue weighted by atomic mass is 9.70. The maximum atomic E-state index is 16.1. The molecular weight excluding hydrogens is 454 g/mol. The number of ether oxygens (including phenoxy) is 2. The maximum absolute atomic E-state index is 16.1. The molecule has 1 unspecified atom stereocenters. The molecule has 5 nitrogen and oxygen atoms in total. The second-order valence-corrected chi connectivity index (χ2v) is 9.03. The Morgan fingerprint density at radius 1 is 1.06 bits per heavy atom. The summed E-state index contributed by atoms with van der Waals surface area (Å²) in [6.07, 6.45) is -5.64. The molecular formula is C22H22ClF4NO4. The maximum Gasteiger partial charge on any atom is 0.573 e. The number of alkyl halides is 4. The van der Waals surface area contributed by atoms with E-state index >= 15 is 4.39 Å². The van der Waals surface area contributed by atoms with Crippen molar-refractivity contribution >= 4 is 17.7 Å². The Morgan fingerprint density at radius 2 is 1.66 bits per heavy atom. The van der Waals surface area contributed by atoms with Crippen molar-refractivity contribution < 1.29 is 36.9 Å². The van der Waals surface area contributed by atoms with Crippen molar-refractivity contribution in [1.82, 2.24) is 4.90 Å².